The van der Waals surface area contributed by atoms with Gasteiger partial charge in [0.1, 0.15) is 11.6 Å². The number of aliphatic hydroxyl groups is 1. The molecule has 0 fully saturated rings. The van der Waals surface area contributed by atoms with Gasteiger partial charge in [0.2, 0.25) is 0 Å². The van der Waals surface area contributed by atoms with Gasteiger partial charge in [0.15, 0.2) is 0 Å². The highest BCUT2D eigenvalue weighted by molar-refractivity contribution is 5.97. The lowest BCUT2D eigenvalue weighted by atomic mass is 9.96. The van der Waals surface area contributed by atoms with Crippen molar-refractivity contribution >= 4 is 16.8 Å². The average Bonchev–Trinajstić information content (AvgIpc) is 3.25. The second-order valence-corrected chi connectivity index (χ2v) is 8.84. The predicted molar refractivity (Wildman–Crippen MR) is 119 cm³/mol. The molecule has 0 saturated heterocycles. The van der Waals surface area contributed by atoms with Gasteiger partial charge < -0.3 is 10.0 Å². The molecule has 0 spiro atoms. The van der Waals surface area contributed by atoms with Crippen LogP contribution < -0.4 is 0 Å². The van der Waals surface area contributed by atoms with Crippen molar-refractivity contribution in [1.29, 1.82) is 0 Å². The summed E-state index contributed by atoms with van der Waals surface area (Å²) >= 11 is 0. The minimum absolute atomic E-state index is 0.171. The molecule has 168 valence electrons. The molecule has 6 nitrogen and oxygen atoms in total. The van der Waals surface area contributed by atoms with Crippen molar-refractivity contribution < 1.29 is 18.7 Å². The molecule has 2 aromatic carbocycles. The van der Waals surface area contributed by atoms with E-state index in [2.05, 4.69) is 10.1 Å². The van der Waals surface area contributed by atoms with E-state index in [1.807, 2.05) is 0 Å². The molecule has 1 aliphatic heterocycles. The Balaban J connectivity index is 1.50. The Kier molecular flexibility index (Phi) is 4.79. The summed E-state index contributed by atoms with van der Waals surface area (Å²) in [5, 5.41) is 15.5. The zero-order chi connectivity index (χ0) is 23.5. The van der Waals surface area contributed by atoms with Crippen molar-refractivity contribution in [3.05, 3.63) is 82.7 Å². The van der Waals surface area contributed by atoms with E-state index in [1.165, 1.54) is 17.0 Å². The fraction of sp³-hybridized carbons (Fsp3) is 0.240. The maximum Gasteiger partial charge on any atom is 0.256 e. The van der Waals surface area contributed by atoms with Crippen molar-refractivity contribution in [3.63, 3.8) is 0 Å². The number of pyridine rings is 1. The largest absolute Gasteiger partial charge is 0.386 e. The zero-order valence-electron chi connectivity index (χ0n) is 18.4. The fourth-order valence-electron chi connectivity index (χ4n) is 4.31. The monoisotopic (exact) mass is 448 g/mol. The van der Waals surface area contributed by atoms with Crippen LogP contribution in [0.1, 0.15) is 41.0 Å². The van der Waals surface area contributed by atoms with Crippen molar-refractivity contribution in [2.75, 3.05) is 0 Å². The molecule has 1 amide bonds. The standard InChI is InChI=1S/C25H22F2N4O2/c1-25(2,33)15-6-7-16-21(11-15)29-30(3)23(16)14-9-19(26)18(20(27)10-14)12-31-13-22-17(24(31)32)5-4-8-28-22/h4-11,33H,12-13H2,1-3H3. The number of carbonyl (C=O) groups excluding carboxylic acids is 1. The first-order chi connectivity index (χ1) is 15.6. The van der Waals surface area contributed by atoms with Crippen LogP contribution in [0.5, 0.6) is 0 Å². The maximum absolute atomic E-state index is 15.1. The minimum Gasteiger partial charge on any atom is -0.386 e. The minimum atomic E-state index is -1.03. The van der Waals surface area contributed by atoms with Gasteiger partial charge in [-0.1, -0.05) is 12.1 Å². The first-order valence-corrected chi connectivity index (χ1v) is 10.5. The predicted octanol–water partition coefficient (Wildman–Crippen LogP) is 4.30. The molecule has 0 aliphatic carbocycles. The van der Waals surface area contributed by atoms with Crippen molar-refractivity contribution in [2.24, 2.45) is 7.05 Å². The van der Waals surface area contributed by atoms with Crippen LogP contribution >= 0.6 is 0 Å². The molecule has 1 N–H and O–H groups in total. The van der Waals surface area contributed by atoms with E-state index in [9.17, 15) is 9.90 Å². The number of amides is 1. The summed E-state index contributed by atoms with van der Waals surface area (Å²) in [6, 6.07) is 11.2. The topological polar surface area (TPSA) is 71.2 Å². The van der Waals surface area contributed by atoms with Crippen molar-refractivity contribution in [1.82, 2.24) is 19.7 Å². The van der Waals surface area contributed by atoms with Gasteiger partial charge in [0.25, 0.3) is 5.91 Å². The van der Waals surface area contributed by atoms with E-state index in [0.29, 0.717) is 39.0 Å². The Hall–Kier alpha value is -3.65. The Morgan fingerprint density at radius 3 is 2.52 bits per heavy atom. The third kappa shape index (κ3) is 3.56. The third-order valence-electron chi connectivity index (χ3n) is 6.05. The maximum atomic E-state index is 15.1. The van der Waals surface area contributed by atoms with Gasteiger partial charge in [0.05, 0.1) is 41.2 Å². The first kappa shape index (κ1) is 21.2. The number of aromatic nitrogens is 3. The van der Waals surface area contributed by atoms with Crippen LogP contribution in [-0.4, -0.2) is 30.7 Å². The van der Waals surface area contributed by atoms with Gasteiger partial charge in [-0.25, -0.2) is 8.78 Å². The molecule has 0 bridgehead atoms. The summed E-state index contributed by atoms with van der Waals surface area (Å²) in [6.45, 7) is 3.39. The van der Waals surface area contributed by atoms with Crippen molar-refractivity contribution in [2.45, 2.75) is 32.5 Å². The highest BCUT2D eigenvalue weighted by Gasteiger charge is 2.30. The number of aryl methyl sites for hydroxylation is 1. The molecule has 33 heavy (non-hydrogen) atoms. The molecule has 0 saturated carbocycles. The van der Waals surface area contributed by atoms with Gasteiger partial charge in [-0.3, -0.25) is 14.5 Å². The van der Waals surface area contributed by atoms with Crippen LogP contribution in [0.25, 0.3) is 22.2 Å². The molecule has 0 unspecified atom stereocenters. The zero-order valence-corrected chi connectivity index (χ0v) is 18.4. The lowest BCUT2D eigenvalue weighted by Crippen LogP contribution is -2.24. The van der Waals surface area contributed by atoms with Crippen molar-refractivity contribution in [3.8, 4) is 11.3 Å². The van der Waals surface area contributed by atoms with Crippen LogP contribution in [0.2, 0.25) is 0 Å². The summed E-state index contributed by atoms with van der Waals surface area (Å²) in [7, 11) is 1.70. The van der Waals surface area contributed by atoms with Gasteiger partial charge in [-0.2, -0.15) is 5.10 Å². The third-order valence-corrected chi connectivity index (χ3v) is 6.05. The highest BCUT2D eigenvalue weighted by Crippen LogP contribution is 2.33. The Morgan fingerprint density at radius 2 is 1.85 bits per heavy atom. The smallest absolute Gasteiger partial charge is 0.256 e. The Bertz CT molecular complexity index is 1400. The van der Waals surface area contributed by atoms with E-state index < -0.39 is 17.2 Å². The highest BCUT2D eigenvalue weighted by atomic mass is 19.1. The molecule has 0 atom stereocenters. The average molecular weight is 448 g/mol. The Morgan fingerprint density at radius 1 is 1.12 bits per heavy atom. The van der Waals surface area contributed by atoms with Crippen LogP contribution in [-0.2, 0) is 25.7 Å². The Labute approximate surface area is 189 Å². The molecular weight excluding hydrogens is 426 g/mol. The number of rotatable bonds is 4. The molecule has 4 aromatic rings. The normalized spacial score (nSPS) is 13.8. The van der Waals surface area contributed by atoms with Gasteiger partial charge in [0, 0.05) is 29.8 Å². The van der Waals surface area contributed by atoms with Crippen LogP contribution in [0.3, 0.4) is 0 Å². The lowest BCUT2D eigenvalue weighted by molar-refractivity contribution is 0.0761. The van der Waals surface area contributed by atoms with Crippen LogP contribution in [0.15, 0.2) is 48.7 Å². The molecule has 0 radical (unpaired) electrons. The summed E-state index contributed by atoms with van der Waals surface area (Å²) in [4.78, 5) is 18.1. The van der Waals surface area contributed by atoms with E-state index >= 15 is 8.78 Å². The van der Waals surface area contributed by atoms with Crippen LogP contribution in [0, 0.1) is 11.6 Å². The first-order valence-electron chi connectivity index (χ1n) is 10.5. The quantitative estimate of drug-likeness (QED) is 0.506. The number of halogens is 2. The van der Waals surface area contributed by atoms with Gasteiger partial charge in [-0.15, -0.1) is 0 Å². The SMILES string of the molecule is Cn1nc2cc(C(C)(C)O)ccc2c1-c1cc(F)c(CN2Cc3ncccc3C2=O)c(F)c1. The number of hydrogen-bond donors (Lipinski definition) is 1. The number of nitrogens with zero attached hydrogens (tertiary/aromatic N) is 4. The molecule has 3 heterocycles. The molecule has 5 rings (SSSR count). The lowest BCUT2D eigenvalue weighted by Gasteiger charge is -2.17. The van der Waals surface area contributed by atoms with E-state index in [-0.39, 0.29) is 24.6 Å². The summed E-state index contributed by atoms with van der Waals surface area (Å²) in [5.74, 6) is -1.76. The van der Waals surface area contributed by atoms with E-state index in [0.717, 1.165) is 0 Å². The summed E-state index contributed by atoms with van der Waals surface area (Å²) in [5.41, 5.74) is 2.07. The molecular formula is C25H22F2N4O2. The molecule has 1 aliphatic rings. The van der Waals surface area contributed by atoms with E-state index in [1.54, 1.807) is 62.1 Å². The number of benzene rings is 2. The molecule has 2 aromatic heterocycles. The number of hydrogen-bond acceptors (Lipinski definition) is 4. The van der Waals surface area contributed by atoms with Gasteiger partial charge >= 0.3 is 0 Å². The second kappa shape index (κ2) is 7.45. The fourth-order valence-corrected chi connectivity index (χ4v) is 4.31. The molecule has 8 heteroatoms. The summed E-state index contributed by atoms with van der Waals surface area (Å²) in [6.07, 6.45) is 1.59. The second-order valence-electron chi connectivity index (χ2n) is 8.84. The van der Waals surface area contributed by atoms with Crippen LogP contribution in [0.4, 0.5) is 8.78 Å². The number of fused-ring (bicyclic) bond motifs is 2. The summed E-state index contributed by atoms with van der Waals surface area (Å²) < 4.78 is 31.8. The van der Waals surface area contributed by atoms with E-state index in [4.69, 9.17) is 0 Å². The van der Waals surface area contributed by atoms with Gasteiger partial charge in [-0.05, 0) is 49.7 Å². The number of carbonyl (C=O) groups is 1.